The van der Waals surface area contributed by atoms with Gasteiger partial charge in [-0.25, -0.2) is 8.42 Å². The van der Waals surface area contributed by atoms with Gasteiger partial charge in [0.1, 0.15) is 23.6 Å². The monoisotopic (exact) mass is 494 g/mol. The number of anilines is 1. The third-order valence-corrected chi connectivity index (χ3v) is 7.76. The minimum atomic E-state index is -4.02. The van der Waals surface area contributed by atoms with E-state index in [4.69, 9.17) is 9.47 Å². The zero-order valence-corrected chi connectivity index (χ0v) is 21.1. The van der Waals surface area contributed by atoms with Crippen LogP contribution in [-0.4, -0.2) is 33.6 Å². The van der Waals surface area contributed by atoms with Crippen LogP contribution in [0, 0.1) is 6.92 Å². The highest BCUT2D eigenvalue weighted by atomic mass is 32.2. The van der Waals surface area contributed by atoms with Gasteiger partial charge >= 0.3 is 0 Å². The SMILES string of the molecule is COc1ccc(S(=O)(=O)N(CC(=O)NC2CC(C)(C)Oc3ccccc32)c2ccc(C)cc2)cc1. The van der Waals surface area contributed by atoms with E-state index in [0.29, 0.717) is 17.9 Å². The molecule has 1 N–H and O–H groups in total. The Bertz CT molecular complexity index is 1300. The molecule has 1 heterocycles. The minimum absolute atomic E-state index is 0.0734. The predicted molar refractivity (Wildman–Crippen MR) is 135 cm³/mol. The number of carbonyl (C=O) groups excluding carboxylic acids is 1. The number of rotatable bonds is 7. The third-order valence-electron chi connectivity index (χ3n) is 5.97. The number of amides is 1. The van der Waals surface area contributed by atoms with E-state index in [1.54, 1.807) is 24.3 Å². The molecule has 0 fully saturated rings. The highest BCUT2D eigenvalue weighted by molar-refractivity contribution is 7.92. The summed E-state index contributed by atoms with van der Waals surface area (Å²) in [4.78, 5) is 13.4. The van der Waals surface area contributed by atoms with Crippen LogP contribution in [0.1, 0.15) is 37.4 Å². The standard InChI is InChI=1S/C27H30N2O5S/c1-19-9-11-20(12-10-19)29(35(31,32)22-15-13-21(33-4)14-16-22)18-26(30)28-24-17-27(2,3)34-25-8-6-5-7-23(24)25/h5-16,24H,17-18H2,1-4H3,(H,28,30). The van der Waals surface area contributed by atoms with E-state index in [1.165, 1.54) is 19.2 Å². The number of hydrogen-bond donors (Lipinski definition) is 1. The summed E-state index contributed by atoms with van der Waals surface area (Å²) in [5.74, 6) is 0.861. The first-order valence-electron chi connectivity index (χ1n) is 11.4. The normalized spacial score (nSPS) is 16.5. The van der Waals surface area contributed by atoms with Crippen molar-refractivity contribution in [1.29, 1.82) is 0 Å². The Morgan fingerprint density at radius 1 is 1.06 bits per heavy atom. The first-order valence-corrected chi connectivity index (χ1v) is 12.8. The quantitative estimate of drug-likeness (QED) is 0.518. The summed E-state index contributed by atoms with van der Waals surface area (Å²) >= 11 is 0. The van der Waals surface area contributed by atoms with Crippen LogP contribution < -0.4 is 19.1 Å². The maximum atomic E-state index is 13.6. The fraction of sp³-hybridized carbons (Fsp3) is 0.296. The maximum Gasteiger partial charge on any atom is 0.264 e. The molecule has 1 atom stereocenters. The van der Waals surface area contributed by atoms with Gasteiger partial charge in [0, 0.05) is 12.0 Å². The number of methoxy groups -OCH3 is 1. The molecule has 1 aliphatic heterocycles. The smallest absolute Gasteiger partial charge is 0.264 e. The molecule has 35 heavy (non-hydrogen) atoms. The molecule has 0 saturated carbocycles. The zero-order chi connectivity index (χ0) is 25.2. The molecule has 0 aliphatic carbocycles. The molecule has 0 bridgehead atoms. The highest BCUT2D eigenvalue weighted by Crippen LogP contribution is 2.39. The van der Waals surface area contributed by atoms with Crippen molar-refractivity contribution in [3.8, 4) is 11.5 Å². The molecule has 7 nitrogen and oxygen atoms in total. The van der Waals surface area contributed by atoms with Gasteiger partial charge in [0.05, 0.1) is 23.7 Å². The van der Waals surface area contributed by atoms with Crippen LogP contribution in [0.25, 0.3) is 0 Å². The zero-order valence-electron chi connectivity index (χ0n) is 20.3. The summed E-state index contributed by atoms with van der Waals surface area (Å²) in [6.45, 7) is 5.49. The molecule has 4 rings (SSSR count). The Balaban J connectivity index is 1.63. The first-order chi connectivity index (χ1) is 16.6. The fourth-order valence-electron chi connectivity index (χ4n) is 4.20. The molecular weight excluding hydrogens is 464 g/mol. The lowest BCUT2D eigenvalue weighted by Crippen LogP contribution is -2.45. The van der Waals surface area contributed by atoms with Crippen LogP contribution in [0.4, 0.5) is 5.69 Å². The van der Waals surface area contributed by atoms with Crippen LogP contribution in [-0.2, 0) is 14.8 Å². The van der Waals surface area contributed by atoms with E-state index in [2.05, 4.69) is 5.32 Å². The molecule has 1 amide bonds. The second-order valence-electron chi connectivity index (χ2n) is 9.25. The summed E-state index contributed by atoms with van der Waals surface area (Å²) in [5.41, 5.74) is 1.80. The number of nitrogens with one attached hydrogen (secondary N) is 1. The fourth-order valence-corrected chi connectivity index (χ4v) is 5.62. The van der Waals surface area contributed by atoms with Crippen LogP contribution in [0.2, 0.25) is 0 Å². The number of aryl methyl sites for hydroxylation is 1. The average Bonchev–Trinajstić information content (AvgIpc) is 2.82. The van der Waals surface area contributed by atoms with Crippen molar-refractivity contribution in [3.63, 3.8) is 0 Å². The third kappa shape index (κ3) is 5.43. The number of fused-ring (bicyclic) bond motifs is 1. The van der Waals surface area contributed by atoms with Crippen LogP contribution in [0.3, 0.4) is 0 Å². The summed E-state index contributed by atoms with van der Waals surface area (Å²) in [7, 11) is -2.50. The van der Waals surface area contributed by atoms with Crippen LogP contribution >= 0.6 is 0 Å². The van der Waals surface area contributed by atoms with Gasteiger partial charge in [0.2, 0.25) is 5.91 Å². The van der Waals surface area contributed by atoms with E-state index >= 15 is 0 Å². The molecular formula is C27H30N2O5S. The Kier molecular flexibility index (Phi) is 6.76. The van der Waals surface area contributed by atoms with Gasteiger partial charge < -0.3 is 14.8 Å². The lowest BCUT2D eigenvalue weighted by Gasteiger charge is -2.38. The number of carbonyl (C=O) groups is 1. The van der Waals surface area contributed by atoms with Crippen molar-refractivity contribution in [3.05, 3.63) is 83.9 Å². The van der Waals surface area contributed by atoms with Gasteiger partial charge in [0.15, 0.2) is 0 Å². The maximum absolute atomic E-state index is 13.6. The first kappa shape index (κ1) is 24.6. The Hall–Kier alpha value is -3.52. The summed E-state index contributed by atoms with van der Waals surface area (Å²) in [6, 6.07) is 20.5. The van der Waals surface area contributed by atoms with E-state index in [0.717, 1.165) is 21.2 Å². The largest absolute Gasteiger partial charge is 0.497 e. The number of nitrogens with zero attached hydrogens (tertiary/aromatic N) is 1. The molecule has 1 unspecified atom stereocenters. The summed E-state index contributed by atoms with van der Waals surface area (Å²) < 4.78 is 39.6. The summed E-state index contributed by atoms with van der Waals surface area (Å²) in [6.07, 6.45) is 0.561. The van der Waals surface area contributed by atoms with Gasteiger partial charge in [0.25, 0.3) is 10.0 Å². The predicted octanol–water partition coefficient (Wildman–Crippen LogP) is 4.62. The van der Waals surface area contributed by atoms with Gasteiger partial charge in [-0.2, -0.15) is 0 Å². The van der Waals surface area contributed by atoms with Crippen LogP contribution in [0.5, 0.6) is 11.5 Å². The molecule has 184 valence electrons. The molecule has 8 heteroatoms. The molecule has 1 aliphatic rings. The van der Waals surface area contributed by atoms with Crippen molar-refractivity contribution >= 4 is 21.6 Å². The Labute approximate surface area is 206 Å². The van der Waals surface area contributed by atoms with Gasteiger partial charge in [-0.05, 0) is 63.2 Å². The number of ether oxygens (including phenoxy) is 2. The highest BCUT2D eigenvalue weighted by Gasteiger charge is 2.35. The number of hydrogen-bond acceptors (Lipinski definition) is 5. The lowest BCUT2D eigenvalue weighted by molar-refractivity contribution is -0.120. The number of sulfonamides is 1. The van der Waals surface area contributed by atoms with Gasteiger partial charge in [-0.3, -0.25) is 9.10 Å². The van der Waals surface area contributed by atoms with Crippen molar-refractivity contribution in [1.82, 2.24) is 5.32 Å². The molecule has 3 aromatic carbocycles. The van der Waals surface area contributed by atoms with E-state index in [-0.39, 0.29) is 17.5 Å². The Morgan fingerprint density at radius 2 is 1.71 bits per heavy atom. The van der Waals surface area contributed by atoms with Crippen molar-refractivity contribution in [2.45, 2.75) is 43.7 Å². The minimum Gasteiger partial charge on any atom is -0.497 e. The van der Waals surface area contributed by atoms with E-state index in [1.807, 2.05) is 57.2 Å². The second-order valence-corrected chi connectivity index (χ2v) is 11.1. The Morgan fingerprint density at radius 3 is 2.37 bits per heavy atom. The molecule has 0 spiro atoms. The van der Waals surface area contributed by atoms with Gasteiger partial charge in [-0.15, -0.1) is 0 Å². The van der Waals surface area contributed by atoms with Crippen LogP contribution in [0.15, 0.2) is 77.7 Å². The van der Waals surface area contributed by atoms with Crippen molar-refractivity contribution in [2.75, 3.05) is 18.0 Å². The number of para-hydroxylation sites is 1. The van der Waals surface area contributed by atoms with E-state index < -0.39 is 21.5 Å². The average molecular weight is 495 g/mol. The topological polar surface area (TPSA) is 84.9 Å². The van der Waals surface area contributed by atoms with E-state index in [9.17, 15) is 13.2 Å². The number of benzene rings is 3. The molecule has 3 aromatic rings. The lowest BCUT2D eigenvalue weighted by atomic mass is 9.89. The molecule has 0 radical (unpaired) electrons. The molecule has 0 saturated heterocycles. The summed E-state index contributed by atoms with van der Waals surface area (Å²) in [5, 5.41) is 3.04. The molecule has 0 aromatic heterocycles. The van der Waals surface area contributed by atoms with Crippen molar-refractivity contribution < 1.29 is 22.7 Å². The second kappa shape index (κ2) is 9.62. The van der Waals surface area contributed by atoms with Gasteiger partial charge in [-0.1, -0.05) is 35.9 Å². The van der Waals surface area contributed by atoms with Crippen molar-refractivity contribution in [2.24, 2.45) is 0 Å².